The van der Waals surface area contributed by atoms with Crippen molar-refractivity contribution in [1.29, 1.82) is 0 Å². The van der Waals surface area contributed by atoms with E-state index in [0.717, 1.165) is 0 Å². The number of aliphatic hydroxyl groups excluding tert-OH is 1. The lowest BCUT2D eigenvalue weighted by Crippen LogP contribution is -2.45. The third-order valence-corrected chi connectivity index (χ3v) is 6.01. The zero-order valence-corrected chi connectivity index (χ0v) is 15.2. The summed E-state index contributed by atoms with van der Waals surface area (Å²) in [6.07, 6.45) is -1.05. The highest BCUT2D eigenvalue weighted by Gasteiger charge is 2.50. The standard InChI is InChI=1S/C22H18N2O4/c1-23-16-11-15-17(20(26)14-10-6-5-9-13(14)19(15)25)21(27)18(16)22(28)24(23)12-7-3-2-4-8-12/h2-10,15,17,21,27H,11H2,1H3. The lowest BCUT2D eigenvalue weighted by molar-refractivity contribution is 0.0375. The van der Waals surface area contributed by atoms with Gasteiger partial charge in [0.15, 0.2) is 11.6 Å². The summed E-state index contributed by atoms with van der Waals surface area (Å²) in [6.45, 7) is 0. The Hall–Kier alpha value is -3.25. The summed E-state index contributed by atoms with van der Waals surface area (Å²) in [7, 11) is 1.74. The second-order valence-corrected chi connectivity index (χ2v) is 7.39. The van der Waals surface area contributed by atoms with Crippen molar-refractivity contribution in [2.75, 3.05) is 0 Å². The number of para-hydroxylation sites is 1. The topological polar surface area (TPSA) is 81.3 Å². The number of benzene rings is 2. The van der Waals surface area contributed by atoms with Gasteiger partial charge >= 0.3 is 0 Å². The second kappa shape index (κ2) is 5.87. The Kier molecular flexibility index (Phi) is 3.54. The molecule has 0 radical (unpaired) electrons. The zero-order chi connectivity index (χ0) is 19.6. The number of nitrogens with zero attached hydrogens (tertiary/aromatic N) is 2. The first-order valence-corrected chi connectivity index (χ1v) is 9.22. The Morgan fingerprint density at radius 2 is 1.50 bits per heavy atom. The third-order valence-electron chi connectivity index (χ3n) is 6.01. The largest absolute Gasteiger partial charge is 0.387 e. The van der Waals surface area contributed by atoms with Crippen molar-refractivity contribution in [2.45, 2.75) is 12.5 Å². The lowest BCUT2D eigenvalue weighted by Gasteiger charge is -2.37. The van der Waals surface area contributed by atoms with Gasteiger partial charge in [-0.2, -0.15) is 0 Å². The molecule has 2 aliphatic carbocycles. The number of hydrogen-bond donors (Lipinski definition) is 1. The Morgan fingerprint density at radius 3 is 2.18 bits per heavy atom. The third kappa shape index (κ3) is 2.09. The maximum Gasteiger partial charge on any atom is 0.277 e. The van der Waals surface area contributed by atoms with E-state index in [2.05, 4.69) is 0 Å². The van der Waals surface area contributed by atoms with Gasteiger partial charge in [0.25, 0.3) is 5.56 Å². The SMILES string of the molecule is Cn1c2c(c(=O)n1-c1ccccc1)C(O)C1C(=O)c3ccccc3C(=O)C1C2. The first-order valence-electron chi connectivity index (χ1n) is 9.22. The first-order chi connectivity index (χ1) is 13.5. The monoisotopic (exact) mass is 374 g/mol. The smallest absolute Gasteiger partial charge is 0.277 e. The van der Waals surface area contributed by atoms with Crippen LogP contribution in [0.5, 0.6) is 0 Å². The molecule has 28 heavy (non-hydrogen) atoms. The quantitative estimate of drug-likeness (QED) is 0.707. The van der Waals surface area contributed by atoms with Crippen LogP contribution in [0.3, 0.4) is 0 Å². The van der Waals surface area contributed by atoms with Crippen LogP contribution in [0.25, 0.3) is 5.69 Å². The fourth-order valence-corrected chi connectivity index (χ4v) is 4.68. The van der Waals surface area contributed by atoms with E-state index >= 15 is 0 Å². The normalized spacial score (nSPS) is 23.1. The van der Waals surface area contributed by atoms with E-state index in [4.69, 9.17) is 0 Å². The van der Waals surface area contributed by atoms with Crippen LogP contribution in [0.2, 0.25) is 0 Å². The van der Waals surface area contributed by atoms with Crippen LogP contribution in [0.4, 0.5) is 0 Å². The second-order valence-electron chi connectivity index (χ2n) is 7.39. The number of aromatic nitrogens is 2. The molecule has 0 fully saturated rings. The Bertz CT molecular complexity index is 1190. The minimum Gasteiger partial charge on any atom is -0.387 e. The fraction of sp³-hybridized carbons (Fsp3) is 0.227. The molecule has 0 saturated heterocycles. The number of Topliss-reactive ketones (excluding diaryl/α,β-unsaturated/α-hetero) is 2. The average molecular weight is 374 g/mol. The van der Waals surface area contributed by atoms with E-state index in [0.29, 0.717) is 22.5 Å². The van der Waals surface area contributed by atoms with E-state index in [9.17, 15) is 19.5 Å². The molecule has 3 atom stereocenters. The summed E-state index contributed by atoms with van der Waals surface area (Å²) in [5.74, 6) is -2.01. The molecule has 3 unspecified atom stereocenters. The van der Waals surface area contributed by atoms with Crippen LogP contribution in [-0.2, 0) is 13.5 Å². The summed E-state index contributed by atoms with van der Waals surface area (Å²) in [5, 5.41) is 11.0. The van der Waals surface area contributed by atoms with Gasteiger partial charge in [-0.15, -0.1) is 0 Å². The first kappa shape index (κ1) is 16.9. The molecule has 5 rings (SSSR count). The van der Waals surface area contributed by atoms with Gasteiger partial charge in [-0.05, 0) is 12.1 Å². The highest BCUT2D eigenvalue weighted by Crippen LogP contribution is 2.43. The van der Waals surface area contributed by atoms with Crippen molar-refractivity contribution < 1.29 is 14.7 Å². The maximum absolute atomic E-state index is 13.1. The molecule has 0 aliphatic heterocycles. The number of hydrogen-bond acceptors (Lipinski definition) is 4. The van der Waals surface area contributed by atoms with E-state index in [1.807, 2.05) is 18.2 Å². The Morgan fingerprint density at radius 1 is 0.893 bits per heavy atom. The van der Waals surface area contributed by atoms with Gasteiger partial charge in [0.2, 0.25) is 0 Å². The predicted molar refractivity (Wildman–Crippen MR) is 102 cm³/mol. The fourth-order valence-electron chi connectivity index (χ4n) is 4.68. The van der Waals surface area contributed by atoms with Crippen molar-refractivity contribution in [1.82, 2.24) is 9.36 Å². The van der Waals surface area contributed by atoms with Gasteiger partial charge in [-0.3, -0.25) is 19.1 Å². The van der Waals surface area contributed by atoms with Crippen LogP contribution >= 0.6 is 0 Å². The highest BCUT2D eigenvalue weighted by atomic mass is 16.3. The van der Waals surface area contributed by atoms with Crippen LogP contribution in [-0.4, -0.2) is 26.0 Å². The van der Waals surface area contributed by atoms with Gasteiger partial charge in [-0.1, -0.05) is 42.5 Å². The van der Waals surface area contributed by atoms with E-state index in [-0.39, 0.29) is 29.1 Å². The average Bonchev–Trinajstić information content (AvgIpc) is 2.97. The van der Waals surface area contributed by atoms with Gasteiger partial charge < -0.3 is 5.11 Å². The Labute approximate surface area is 160 Å². The molecule has 2 aromatic carbocycles. The van der Waals surface area contributed by atoms with Crippen molar-refractivity contribution in [3.63, 3.8) is 0 Å². The van der Waals surface area contributed by atoms with E-state index in [1.54, 1.807) is 48.1 Å². The van der Waals surface area contributed by atoms with Crippen LogP contribution < -0.4 is 5.56 Å². The molecule has 0 amide bonds. The van der Waals surface area contributed by atoms with Crippen molar-refractivity contribution >= 4 is 11.6 Å². The minimum atomic E-state index is -1.30. The molecule has 6 heteroatoms. The molecular weight excluding hydrogens is 356 g/mol. The number of carbonyl (C=O) groups excluding carboxylic acids is 2. The summed E-state index contributed by atoms with van der Waals surface area (Å²) in [5.41, 5.74) is 1.86. The lowest BCUT2D eigenvalue weighted by atomic mass is 9.66. The molecule has 0 bridgehead atoms. The summed E-state index contributed by atoms with van der Waals surface area (Å²) in [4.78, 5) is 39.3. The number of fused-ring (bicyclic) bond motifs is 3. The maximum atomic E-state index is 13.1. The molecule has 1 aromatic heterocycles. The number of aliphatic hydroxyl groups is 1. The molecule has 6 nitrogen and oxygen atoms in total. The Balaban J connectivity index is 1.70. The van der Waals surface area contributed by atoms with Gasteiger partial charge in [-0.25, -0.2) is 4.68 Å². The van der Waals surface area contributed by atoms with Crippen molar-refractivity contribution in [3.8, 4) is 5.69 Å². The molecule has 1 N–H and O–H groups in total. The van der Waals surface area contributed by atoms with E-state index in [1.165, 1.54) is 4.68 Å². The zero-order valence-electron chi connectivity index (χ0n) is 15.2. The molecule has 1 heterocycles. The molecular formula is C22H18N2O4. The molecule has 140 valence electrons. The number of carbonyl (C=O) groups is 2. The van der Waals surface area contributed by atoms with Crippen molar-refractivity contribution in [2.24, 2.45) is 18.9 Å². The molecule has 0 saturated carbocycles. The summed E-state index contributed by atoms with van der Waals surface area (Å²) in [6, 6.07) is 15.8. The van der Waals surface area contributed by atoms with Crippen LogP contribution in [0, 0.1) is 11.8 Å². The minimum absolute atomic E-state index is 0.148. The van der Waals surface area contributed by atoms with Crippen molar-refractivity contribution in [3.05, 3.63) is 87.3 Å². The number of ketones is 2. The predicted octanol–water partition coefficient (Wildman–Crippen LogP) is 2.08. The van der Waals surface area contributed by atoms with E-state index < -0.39 is 17.9 Å². The molecule has 2 aliphatic rings. The highest BCUT2D eigenvalue weighted by molar-refractivity contribution is 6.16. The molecule has 0 spiro atoms. The number of rotatable bonds is 1. The van der Waals surface area contributed by atoms with Crippen LogP contribution in [0.15, 0.2) is 59.4 Å². The van der Waals surface area contributed by atoms with Gasteiger partial charge in [0, 0.05) is 36.2 Å². The van der Waals surface area contributed by atoms with Crippen LogP contribution in [0.1, 0.15) is 38.1 Å². The molecule has 3 aromatic rings. The summed E-state index contributed by atoms with van der Waals surface area (Å²) >= 11 is 0. The van der Waals surface area contributed by atoms with Gasteiger partial charge in [0.05, 0.1) is 23.3 Å². The summed E-state index contributed by atoms with van der Waals surface area (Å²) < 4.78 is 3.16. The van der Waals surface area contributed by atoms with Gasteiger partial charge in [0.1, 0.15) is 0 Å².